The van der Waals surface area contributed by atoms with E-state index >= 15 is 0 Å². The Balaban J connectivity index is 2.44. The highest BCUT2D eigenvalue weighted by Crippen LogP contribution is 2.32. The Morgan fingerprint density at radius 2 is 1.25 bits per heavy atom. The number of nitrogen functional groups attached to an aromatic ring is 1. The fraction of sp³-hybridized carbons (Fsp3) is 0. The van der Waals surface area contributed by atoms with Crippen LogP contribution in [0.5, 0.6) is 0 Å². The molecule has 0 aliphatic rings. The molecule has 2 N–H and O–H groups in total. The van der Waals surface area contributed by atoms with Gasteiger partial charge in [0.05, 0.1) is 20.9 Å². The molecule has 0 unspecified atom stereocenters. The van der Waals surface area contributed by atoms with Crippen LogP contribution < -0.4 is 5.84 Å². The topological polar surface area (TPSA) is 117 Å². The summed E-state index contributed by atoms with van der Waals surface area (Å²) in [5.74, 6) is 5.90. The number of hydrogen-bond donors (Lipinski definition) is 1. The van der Waals surface area contributed by atoms with E-state index in [4.69, 9.17) is 5.84 Å². The summed E-state index contributed by atoms with van der Waals surface area (Å²) >= 11 is 0. The number of nitro benzene ring substituents is 2. The van der Waals surface area contributed by atoms with E-state index < -0.39 is 9.85 Å². The molecule has 0 saturated carbocycles. The normalized spacial score (nSPS) is 11.0. The molecule has 0 saturated heterocycles. The van der Waals surface area contributed by atoms with Crippen molar-refractivity contribution in [3.05, 3.63) is 56.6 Å². The zero-order valence-corrected chi connectivity index (χ0v) is 10.0. The van der Waals surface area contributed by atoms with Crippen molar-refractivity contribution in [1.29, 1.82) is 0 Å². The van der Waals surface area contributed by atoms with E-state index in [0.29, 0.717) is 21.8 Å². The van der Waals surface area contributed by atoms with Gasteiger partial charge in [0.1, 0.15) is 0 Å². The molecule has 0 fully saturated rings. The summed E-state index contributed by atoms with van der Waals surface area (Å²) < 4.78 is 1.36. The van der Waals surface area contributed by atoms with Crippen LogP contribution in [0.4, 0.5) is 11.4 Å². The van der Waals surface area contributed by atoms with Gasteiger partial charge in [0.25, 0.3) is 11.4 Å². The van der Waals surface area contributed by atoms with Crippen molar-refractivity contribution in [3.8, 4) is 0 Å². The van der Waals surface area contributed by atoms with Crippen molar-refractivity contribution in [2.24, 2.45) is 0 Å². The molecule has 100 valence electrons. The molecular formula is C12H8N4O4. The summed E-state index contributed by atoms with van der Waals surface area (Å²) in [6, 6.07) is 8.48. The largest absolute Gasteiger partial charge is 0.339 e. The molecule has 3 aromatic rings. The van der Waals surface area contributed by atoms with Crippen molar-refractivity contribution in [2.75, 3.05) is 5.84 Å². The van der Waals surface area contributed by atoms with Gasteiger partial charge in [-0.15, -0.1) is 0 Å². The predicted octanol–water partition coefficient (Wildman–Crippen LogP) is 2.32. The minimum absolute atomic E-state index is 0.0866. The van der Waals surface area contributed by atoms with Gasteiger partial charge in [-0.3, -0.25) is 24.9 Å². The van der Waals surface area contributed by atoms with Crippen molar-refractivity contribution < 1.29 is 9.85 Å². The molecule has 0 radical (unpaired) electrons. The molecule has 0 bridgehead atoms. The van der Waals surface area contributed by atoms with Crippen LogP contribution in [0.3, 0.4) is 0 Å². The maximum absolute atomic E-state index is 10.8. The maximum Gasteiger partial charge on any atom is 0.270 e. The lowest BCUT2D eigenvalue weighted by Crippen LogP contribution is -2.06. The van der Waals surface area contributed by atoms with Gasteiger partial charge in [-0.05, 0) is 12.1 Å². The zero-order chi connectivity index (χ0) is 14.4. The van der Waals surface area contributed by atoms with Gasteiger partial charge in [-0.1, -0.05) is 0 Å². The Hall–Kier alpha value is -3.16. The molecule has 0 atom stereocenters. The third-order valence-electron chi connectivity index (χ3n) is 3.19. The van der Waals surface area contributed by atoms with Crippen molar-refractivity contribution in [2.45, 2.75) is 0 Å². The van der Waals surface area contributed by atoms with Crippen LogP contribution in [0.25, 0.3) is 21.8 Å². The van der Waals surface area contributed by atoms with Crippen LogP contribution in [-0.4, -0.2) is 14.5 Å². The maximum atomic E-state index is 10.8. The first kappa shape index (κ1) is 11.9. The second kappa shape index (κ2) is 3.92. The molecule has 3 rings (SSSR count). The first-order chi connectivity index (χ1) is 9.49. The molecule has 0 aliphatic heterocycles. The zero-order valence-electron chi connectivity index (χ0n) is 10.0. The monoisotopic (exact) mass is 272 g/mol. The number of aromatic nitrogens is 1. The number of fused-ring (bicyclic) bond motifs is 3. The van der Waals surface area contributed by atoms with Crippen molar-refractivity contribution in [3.63, 3.8) is 0 Å². The molecule has 1 aromatic heterocycles. The summed E-state index contributed by atoms with van der Waals surface area (Å²) in [5.41, 5.74) is 0.977. The van der Waals surface area contributed by atoms with E-state index in [1.54, 1.807) is 0 Å². The second-order valence-electron chi connectivity index (χ2n) is 4.29. The van der Waals surface area contributed by atoms with Crippen LogP contribution in [0, 0.1) is 20.2 Å². The van der Waals surface area contributed by atoms with E-state index in [9.17, 15) is 20.2 Å². The van der Waals surface area contributed by atoms with Crippen LogP contribution in [0.15, 0.2) is 36.4 Å². The van der Waals surface area contributed by atoms with Gasteiger partial charge >= 0.3 is 0 Å². The molecule has 8 heteroatoms. The molecule has 0 spiro atoms. The lowest BCUT2D eigenvalue weighted by molar-refractivity contribution is -0.385. The molecule has 0 aliphatic carbocycles. The van der Waals surface area contributed by atoms with Gasteiger partial charge in [0, 0.05) is 35.0 Å². The van der Waals surface area contributed by atoms with Crippen LogP contribution in [0.2, 0.25) is 0 Å². The van der Waals surface area contributed by atoms with Crippen molar-refractivity contribution >= 4 is 33.2 Å². The minimum Gasteiger partial charge on any atom is -0.339 e. The highest BCUT2D eigenvalue weighted by atomic mass is 16.6. The first-order valence-electron chi connectivity index (χ1n) is 5.61. The smallest absolute Gasteiger partial charge is 0.270 e. The highest BCUT2D eigenvalue weighted by Gasteiger charge is 2.16. The van der Waals surface area contributed by atoms with E-state index in [-0.39, 0.29) is 11.4 Å². The van der Waals surface area contributed by atoms with Crippen LogP contribution in [-0.2, 0) is 0 Å². The number of rotatable bonds is 2. The Morgan fingerprint density at radius 1 is 0.850 bits per heavy atom. The highest BCUT2D eigenvalue weighted by molar-refractivity contribution is 6.09. The summed E-state index contributed by atoms with van der Waals surface area (Å²) in [5, 5.41) is 22.7. The summed E-state index contributed by atoms with van der Waals surface area (Å²) in [4.78, 5) is 20.6. The molecule has 20 heavy (non-hydrogen) atoms. The lowest BCUT2D eigenvalue weighted by Gasteiger charge is -1.97. The van der Waals surface area contributed by atoms with Gasteiger partial charge in [-0.25, -0.2) is 0 Å². The average Bonchev–Trinajstić information content (AvgIpc) is 2.71. The van der Waals surface area contributed by atoms with E-state index in [0.717, 1.165) is 0 Å². The minimum atomic E-state index is -0.517. The number of nitrogens with zero attached hydrogens (tertiary/aromatic N) is 3. The fourth-order valence-electron chi connectivity index (χ4n) is 2.26. The number of nitro groups is 2. The first-order valence-corrected chi connectivity index (χ1v) is 5.61. The molecule has 1 heterocycles. The Morgan fingerprint density at radius 3 is 1.60 bits per heavy atom. The van der Waals surface area contributed by atoms with Gasteiger partial charge in [-0.2, -0.15) is 0 Å². The third kappa shape index (κ3) is 1.55. The van der Waals surface area contributed by atoms with E-state index in [1.165, 1.54) is 41.1 Å². The third-order valence-corrected chi connectivity index (χ3v) is 3.19. The Bertz CT molecular complexity index is 813. The lowest BCUT2D eigenvalue weighted by atomic mass is 10.1. The van der Waals surface area contributed by atoms with E-state index in [1.807, 2.05) is 0 Å². The number of nitrogens with two attached hydrogens (primary N) is 1. The summed E-state index contributed by atoms with van der Waals surface area (Å²) in [6.45, 7) is 0. The number of non-ortho nitro benzene ring substituents is 2. The number of hydrogen-bond acceptors (Lipinski definition) is 5. The average molecular weight is 272 g/mol. The quantitative estimate of drug-likeness (QED) is 0.436. The summed E-state index contributed by atoms with van der Waals surface area (Å²) in [6.07, 6.45) is 0. The Kier molecular flexibility index (Phi) is 2.33. The Labute approximate surface area is 111 Å². The summed E-state index contributed by atoms with van der Waals surface area (Å²) in [7, 11) is 0. The fourth-order valence-corrected chi connectivity index (χ4v) is 2.26. The van der Waals surface area contributed by atoms with Crippen molar-refractivity contribution in [1.82, 2.24) is 4.68 Å². The van der Waals surface area contributed by atoms with Crippen LogP contribution in [0.1, 0.15) is 0 Å². The van der Waals surface area contributed by atoms with Gasteiger partial charge < -0.3 is 5.84 Å². The molecule has 8 nitrogen and oxygen atoms in total. The number of benzene rings is 2. The predicted molar refractivity (Wildman–Crippen MR) is 72.9 cm³/mol. The van der Waals surface area contributed by atoms with Gasteiger partial charge in [0.15, 0.2) is 0 Å². The molecule has 2 aromatic carbocycles. The van der Waals surface area contributed by atoms with Crippen LogP contribution >= 0.6 is 0 Å². The SMILES string of the molecule is Nn1c2ccc([N+](=O)[O-])cc2c2cc([N+](=O)[O-])ccc21. The standard InChI is InChI=1S/C12H8N4O4/c13-14-11-3-1-7(15(17)18)5-9(11)10-6-8(16(19)20)2-4-12(10)14/h1-6H,13H2. The molecular weight excluding hydrogens is 264 g/mol. The second-order valence-corrected chi connectivity index (χ2v) is 4.29. The van der Waals surface area contributed by atoms with Gasteiger partial charge in [0.2, 0.25) is 0 Å². The molecule has 0 amide bonds. The van der Waals surface area contributed by atoms with E-state index in [2.05, 4.69) is 0 Å².